The number of hydrogen-bond acceptors (Lipinski definition) is 5. The standard InChI is InChI=1S/C25H22FN5O/c1-16-28-29-24-27-23(20-13-18(26)8-9-22(20)31(16)24)30-12-4-6-19-17(5-3-7-21(19)30)10-11-25(2)14-32-15-25/h3,5,7-9,13H,4,6,12,14-15H2,1-2H3. The van der Waals surface area contributed by atoms with Crippen LogP contribution in [0.2, 0.25) is 0 Å². The van der Waals surface area contributed by atoms with Gasteiger partial charge in [-0.25, -0.2) is 4.39 Å². The molecule has 0 N–H and O–H groups in total. The van der Waals surface area contributed by atoms with Crippen LogP contribution in [0.15, 0.2) is 36.4 Å². The molecular formula is C25H22FN5O. The molecule has 0 atom stereocenters. The lowest BCUT2D eigenvalue weighted by Crippen LogP contribution is -2.38. The molecule has 0 aliphatic carbocycles. The average molecular weight is 427 g/mol. The predicted molar refractivity (Wildman–Crippen MR) is 121 cm³/mol. The second-order valence-corrected chi connectivity index (χ2v) is 8.84. The highest BCUT2D eigenvalue weighted by atomic mass is 19.1. The third-order valence-electron chi connectivity index (χ3n) is 6.30. The van der Waals surface area contributed by atoms with Gasteiger partial charge in [0.25, 0.3) is 5.78 Å². The molecule has 160 valence electrons. The van der Waals surface area contributed by atoms with E-state index >= 15 is 0 Å². The first kappa shape index (κ1) is 19.2. The molecule has 0 bridgehead atoms. The summed E-state index contributed by atoms with van der Waals surface area (Å²) in [6.07, 6.45) is 1.91. The molecule has 7 heteroatoms. The molecule has 2 aliphatic rings. The van der Waals surface area contributed by atoms with Crippen molar-refractivity contribution in [3.63, 3.8) is 0 Å². The molecule has 2 aromatic heterocycles. The Morgan fingerprint density at radius 2 is 2.03 bits per heavy atom. The van der Waals surface area contributed by atoms with Crippen molar-refractivity contribution in [2.24, 2.45) is 5.41 Å². The van der Waals surface area contributed by atoms with E-state index in [4.69, 9.17) is 9.72 Å². The van der Waals surface area contributed by atoms with E-state index in [0.717, 1.165) is 47.4 Å². The second-order valence-electron chi connectivity index (χ2n) is 8.84. The van der Waals surface area contributed by atoms with Crippen LogP contribution in [0.25, 0.3) is 16.7 Å². The summed E-state index contributed by atoms with van der Waals surface area (Å²) in [4.78, 5) is 6.99. The molecule has 0 amide bonds. The number of benzene rings is 2. The van der Waals surface area contributed by atoms with Gasteiger partial charge in [0, 0.05) is 23.2 Å². The number of ether oxygens (including phenoxy) is 1. The largest absolute Gasteiger partial charge is 0.378 e. The Morgan fingerprint density at radius 1 is 1.16 bits per heavy atom. The summed E-state index contributed by atoms with van der Waals surface area (Å²) >= 11 is 0. The number of hydrogen-bond donors (Lipinski definition) is 0. The normalized spacial score (nSPS) is 17.0. The Morgan fingerprint density at radius 3 is 2.84 bits per heavy atom. The molecular weight excluding hydrogens is 405 g/mol. The maximum Gasteiger partial charge on any atom is 0.257 e. The molecule has 0 spiro atoms. The van der Waals surface area contributed by atoms with Crippen molar-refractivity contribution in [3.05, 3.63) is 59.2 Å². The first-order chi connectivity index (χ1) is 15.5. The van der Waals surface area contributed by atoms with E-state index in [9.17, 15) is 4.39 Å². The number of aryl methyl sites for hydroxylation is 1. The lowest BCUT2D eigenvalue weighted by atomic mass is 9.88. The van der Waals surface area contributed by atoms with Crippen molar-refractivity contribution >= 4 is 28.2 Å². The quantitative estimate of drug-likeness (QED) is 0.426. The minimum atomic E-state index is -0.293. The summed E-state index contributed by atoms with van der Waals surface area (Å²) < 4.78 is 21.5. The molecule has 6 nitrogen and oxygen atoms in total. The SMILES string of the molecule is Cc1nnc2nc(N3CCCc4c(C#CC5(C)COC5)cccc43)c3cc(F)ccc3n12. The zero-order valence-electron chi connectivity index (χ0n) is 18.0. The van der Waals surface area contributed by atoms with Gasteiger partial charge in [-0.2, -0.15) is 4.98 Å². The molecule has 1 fully saturated rings. The molecule has 2 aromatic carbocycles. The van der Waals surface area contributed by atoms with Gasteiger partial charge in [-0.3, -0.25) is 4.40 Å². The summed E-state index contributed by atoms with van der Waals surface area (Å²) in [5, 5.41) is 9.16. The molecule has 0 radical (unpaired) electrons. The van der Waals surface area contributed by atoms with E-state index < -0.39 is 0 Å². The minimum Gasteiger partial charge on any atom is -0.378 e. The highest BCUT2D eigenvalue weighted by Crippen LogP contribution is 2.38. The highest BCUT2D eigenvalue weighted by molar-refractivity contribution is 5.94. The van der Waals surface area contributed by atoms with Gasteiger partial charge in [0.1, 0.15) is 17.5 Å². The Hall–Kier alpha value is -3.50. The summed E-state index contributed by atoms with van der Waals surface area (Å²) in [6.45, 7) is 6.16. The van der Waals surface area contributed by atoms with Crippen molar-refractivity contribution < 1.29 is 9.13 Å². The van der Waals surface area contributed by atoms with Crippen molar-refractivity contribution in [2.75, 3.05) is 24.7 Å². The van der Waals surface area contributed by atoms with Gasteiger partial charge < -0.3 is 9.64 Å². The Balaban J connectivity index is 1.54. The smallest absolute Gasteiger partial charge is 0.257 e. The Bertz CT molecular complexity index is 1440. The van der Waals surface area contributed by atoms with Crippen LogP contribution in [0.1, 0.15) is 30.3 Å². The lowest BCUT2D eigenvalue weighted by Gasteiger charge is -2.33. The first-order valence-electron chi connectivity index (χ1n) is 10.8. The monoisotopic (exact) mass is 427 g/mol. The van der Waals surface area contributed by atoms with Gasteiger partial charge >= 0.3 is 0 Å². The summed E-state index contributed by atoms with van der Waals surface area (Å²) in [5.74, 6) is 8.44. The topological polar surface area (TPSA) is 55.5 Å². The lowest BCUT2D eigenvalue weighted by molar-refractivity contribution is -0.0648. The van der Waals surface area contributed by atoms with Crippen molar-refractivity contribution in [3.8, 4) is 11.8 Å². The predicted octanol–water partition coefficient (Wildman–Crippen LogP) is 4.20. The number of halogens is 1. The first-order valence-corrected chi connectivity index (χ1v) is 10.8. The molecule has 4 heterocycles. The second kappa shape index (κ2) is 7.01. The van der Waals surface area contributed by atoms with Crippen LogP contribution < -0.4 is 4.90 Å². The van der Waals surface area contributed by atoms with Crippen LogP contribution in [0.3, 0.4) is 0 Å². The van der Waals surface area contributed by atoms with Gasteiger partial charge in [-0.1, -0.05) is 17.9 Å². The van der Waals surface area contributed by atoms with E-state index in [0.29, 0.717) is 24.8 Å². The van der Waals surface area contributed by atoms with Crippen LogP contribution in [0.4, 0.5) is 15.9 Å². The zero-order valence-corrected chi connectivity index (χ0v) is 18.0. The number of aromatic nitrogens is 4. The van der Waals surface area contributed by atoms with Crippen molar-refractivity contribution in [2.45, 2.75) is 26.7 Å². The molecule has 2 aliphatic heterocycles. The van der Waals surface area contributed by atoms with E-state index in [1.807, 2.05) is 17.4 Å². The molecule has 4 aromatic rings. The van der Waals surface area contributed by atoms with Crippen LogP contribution in [0, 0.1) is 30.0 Å². The highest BCUT2D eigenvalue weighted by Gasteiger charge is 2.31. The van der Waals surface area contributed by atoms with Crippen LogP contribution in [-0.2, 0) is 11.2 Å². The molecule has 0 saturated carbocycles. The summed E-state index contributed by atoms with van der Waals surface area (Å²) in [7, 11) is 0. The fourth-order valence-electron chi connectivity index (χ4n) is 4.61. The summed E-state index contributed by atoms with van der Waals surface area (Å²) in [5.41, 5.74) is 4.09. The molecule has 6 rings (SSSR count). The van der Waals surface area contributed by atoms with E-state index in [1.165, 1.54) is 11.6 Å². The van der Waals surface area contributed by atoms with Gasteiger partial charge in [0.05, 0.1) is 24.1 Å². The molecule has 1 saturated heterocycles. The van der Waals surface area contributed by atoms with Crippen molar-refractivity contribution in [1.82, 2.24) is 19.6 Å². The molecule has 32 heavy (non-hydrogen) atoms. The third-order valence-corrected chi connectivity index (χ3v) is 6.30. The Kier molecular flexibility index (Phi) is 4.21. The van der Waals surface area contributed by atoms with E-state index in [-0.39, 0.29) is 11.2 Å². The fourth-order valence-corrected chi connectivity index (χ4v) is 4.61. The van der Waals surface area contributed by atoms with Crippen LogP contribution in [-0.4, -0.2) is 39.3 Å². The Labute approximate surface area is 185 Å². The maximum absolute atomic E-state index is 14.3. The van der Waals surface area contributed by atoms with Crippen molar-refractivity contribution in [1.29, 1.82) is 0 Å². The van der Waals surface area contributed by atoms with Crippen LogP contribution in [0.5, 0.6) is 0 Å². The fraction of sp³-hybridized carbons (Fsp3) is 0.320. The zero-order chi connectivity index (χ0) is 21.9. The van der Waals surface area contributed by atoms with Gasteiger partial charge in [0.2, 0.25) is 0 Å². The number of anilines is 2. The van der Waals surface area contributed by atoms with E-state index in [2.05, 4.69) is 46.0 Å². The summed E-state index contributed by atoms with van der Waals surface area (Å²) in [6, 6.07) is 11.0. The average Bonchev–Trinajstić information content (AvgIpc) is 3.16. The third kappa shape index (κ3) is 2.94. The van der Waals surface area contributed by atoms with E-state index in [1.54, 1.807) is 12.1 Å². The van der Waals surface area contributed by atoms with Gasteiger partial charge in [0.15, 0.2) is 0 Å². The maximum atomic E-state index is 14.3. The minimum absolute atomic E-state index is 0.0665. The number of nitrogens with zero attached hydrogens (tertiary/aromatic N) is 5. The number of rotatable bonds is 1. The van der Waals surface area contributed by atoms with Crippen LogP contribution >= 0.6 is 0 Å². The van der Waals surface area contributed by atoms with Gasteiger partial charge in [-0.15, -0.1) is 10.2 Å². The van der Waals surface area contributed by atoms with Gasteiger partial charge in [-0.05, 0) is 62.6 Å². The number of fused-ring (bicyclic) bond motifs is 4. The molecule has 0 unspecified atom stereocenters.